The molecule has 1 heteroatoms. The van der Waals surface area contributed by atoms with E-state index in [4.69, 9.17) is 0 Å². The predicted octanol–water partition coefficient (Wildman–Crippen LogP) is 3.25. The summed E-state index contributed by atoms with van der Waals surface area (Å²) in [5.41, 5.74) is 4.94. The van der Waals surface area contributed by atoms with Gasteiger partial charge >= 0.3 is 0 Å². The standard InChI is InChI=1S/C14H18N/c1-14-10-6-5-9-13(14)15(2)12-8-4-3-7-11(12)14/h3-4,7-8H,5-6,9-10H2,1-2H3/q+1. The summed E-state index contributed by atoms with van der Waals surface area (Å²) in [5, 5.41) is 0. The van der Waals surface area contributed by atoms with Crippen LogP contribution in [0.3, 0.4) is 0 Å². The van der Waals surface area contributed by atoms with E-state index in [1.54, 1.807) is 11.3 Å². The molecule has 15 heavy (non-hydrogen) atoms. The van der Waals surface area contributed by atoms with Gasteiger partial charge in [-0.05, 0) is 19.8 Å². The zero-order chi connectivity index (χ0) is 10.5. The van der Waals surface area contributed by atoms with Gasteiger partial charge in [0, 0.05) is 18.1 Å². The number of rotatable bonds is 0. The van der Waals surface area contributed by atoms with Crippen molar-refractivity contribution in [3.05, 3.63) is 29.8 Å². The van der Waals surface area contributed by atoms with Crippen LogP contribution in [0.2, 0.25) is 0 Å². The van der Waals surface area contributed by atoms with Gasteiger partial charge in [0.25, 0.3) is 0 Å². The first-order valence-corrected chi connectivity index (χ1v) is 5.93. The van der Waals surface area contributed by atoms with Gasteiger partial charge < -0.3 is 0 Å². The van der Waals surface area contributed by atoms with Crippen molar-refractivity contribution in [1.29, 1.82) is 0 Å². The first kappa shape index (κ1) is 9.14. The van der Waals surface area contributed by atoms with Gasteiger partial charge in [0.15, 0.2) is 5.71 Å². The van der Waals surface area contributed by atoms with E-state index in [-0.39, 0.29) is 0 Å². The molecule has 0 radical (unpaired) electrons. The number of para-hydroxylation sites is 1. The molecule has 0 saturated heterocycles. The van der Waals surface area contributed by atoms with Gasteiger partial charge in [-0.15, -0.1) is 0 Å². The van der Waals surface area contributed by atoms with E-state index >= 15 is 0 Å². The average molecular weight is 200 g/mol. The van der Waals surface area contributed by atoms with E-state index in [0.29, 0.717) is 5.41 Å². The highest BCUT2D eigenvalue weighted by Crippen LogP contribution is 2.45. The minimum absolute atomic E-state index is 0.337. The van der Waals surface area contributed by atoms with Crippen LogP contribution in [0.15, 0.2) is 24.3 Å². The molecule has 1 nitrogen and oxygen atoms in total. The topological polar surface area (TPSA) is 3.01 Å². The fraction of sp³-hybridized carbons (Fsp3) is 0.500. The molecule has 0 bridgehead atoms. The monoisotopic (exact) mass is 200 g/mol. The summed E-state index contributed by atoms with van der Waals surface area (Å²) in [4.78, 5) is 0. The fourth-order valence-corrected chi connectivity index (χ4v) is 3.40. The Balaban J connectivity index is 2.25. The van der Waals surface area contributed by atoms with Crippen molar-refractivity contribution in [2.24, 2.45) is 0 Å². The quantitative estimate of drug-likeness (QED) is 0.566. The molecule has 1 unspecified atom stereocenters. The maximum Gasteiger partial charge on any atom is 0.209 e. The second kappa shape index (κ2) is 2.94. The summed E-state index contributed by atoms with van der Waals surface area (Å²) >= 11 is 0. The lowest BCUT2D eigenvalue weighted by molar-refractivity contribution is -0.404. The molecule has 0 N–H and O–H groups in total. The molecule has 1 atom stereocenters. The second-order valence-electron chi connectivity index (χ2n) is 5.06. The van der Waals surface area contributed by atoms with E-state index in [0.717, 1.165) is 0 Å². The molecular weight excluding hydrogens is 182 g/mol. The van der Waals surface area contributed by atoms with Gasteiger partial charge in [0.05, 0.1) is 5.41 Å². The molecule has 1 fully saturated rings. The fourth-order valence-electron chi connectivity index (χ4n) is 3.40. The van der Waals surface area contributed by atoms with Crippen LogP contribution in [-0.4, -0.2) is 17.3 Å². The lowest BCUT2D eigenvalue weighted by Crippen LogP contribution is -2.34. The number of fused-ring (bicyclic) bond motifs is 3. The van der Waals surface area contributed by atoms with Gasteiger partial charge in [0.1, 0.15) is 7.05 Å². The molecular formula is C14H18N+. The van der Waals surface area contributed by atoms with Crippen molar-refractivity contribution >= 4 is 11.4 Å². The Morgan fingerprint density at radius 3 is 2.87 bits per heavy atom. The molecule has 1 aromatic rings. The molecule has 0 amide bonds. The molecule has 0 aromatic heterocycles. The summed E-state index contributed by atoms with van der Waals surface area (Å²) in [6.45, 7) is 2.42. The number of nitrogens with zero attached hydrogens (tertiary/aromatic N) is 1. The van der Waals surface area contributed by atoms with Crippen LogP contribution >= 0.6 is 0 Å². The largest absolute Gasteiger partial charge is 0.209 e. The highest BCUT2D eigenvalue weighted by Gasteiger charge is 2.48. The minimum atomic E-state index is 0.337. The van der Waals surface area contributed by atoms with Crippen molar-refractivity contribution in [2.45, 2.75) is 38.0 Å². The summed E-state index contributed by atoms with van der Waals surface area (Å²) in [6, 6.07) is 8.89. The molecule has 0 spiro atoms. The second-order valence-corrected chi connectivity index (χ2v) is 5.06. The molecule has 2 aliphatic rings. The van der Waals surface area contributed by atoms with Crippen molar-refractivity contribution in [3.63, 3.8) is 0 Å². The van der Waals surface area contributed by atoms with E-state index in [2.05, 4.69) is 42.8 Å². The maximum atomic E-state index is 2.43. The molecule has 1 aliphatic heterocycles. The zero-order valence-electron chi connectivity index (χ0n) is 9.59. The van der Waals surface area contributed by atoms with Crippen LogP contribution in [0, 0.1) is 0 Å². The lowest BCUT2D eigenvalue weighted by Gasteiger charge is -2.27. The normalized spacial score (nSPS) is 28.9. The van der Waals surface area contributed by atoms with Crippen LogP contribution in [0.25, 0.3) is 0 Å². The smallest absolute Gasteiger partial charge is 0.202 e. The third-order valence-electron chi connectivity index (χ3n) is 4.24. The average Bonchev–Trinajstić information content (AvgIpc) is 2.50. The maximum absolute atomic E-state index is 2.43. The van der Waals surface area contributed by atoms with Gasteiger partial charge in [-0.2, -0.15) is 0 Å². The Morgan fingerprint density at radius 1 is 1.20 bits per heavy atom. The number of hydrogen-bond acceptors (Lipinski definition) is 0. The summed E-state index contributed by atoms with van der Waals surface area (Å²) in [5.74, 6) is 0. The van der Waals surface area contributed by atoms with Gasteiger partial charge in [0.2, 0.25) is 5.69 Å². The molecule has 3 rings (SSSR count). The first-order chi connectivity index (χ1) is 7.23. The number of benzene rings is 1. The van der Waals surface area contributed by atoms with Crippen LogP contribution in [-0.2, 0) is 5.41 Å². The van der Waals surface area contributed by atoms with Crippen LogP contribution < -0.4 is 0 Å². The van der Waals surface area contributed by atoms with Crippen LogP contribution in [0.4, 0.5) is 5.69 Å². The predicted molar refractivity (Wildman–Crippen MR) is 63.1 cm³/mol. The Hall–Kier alpha value is -1.11. The van der Waals surface area contributed by atoms with Gasteiger partial charge in [-0.3, -0.25) is 0 Å². The minimum Gasteiger partial charge on any atom is -0.202 e. The summed E-state index contributed by atoms with van der Waals surface area (Å²) in [6.07, 6.45) is 5.34. The van der Waals surface area contributed by atoms with E-state index in [9.17, 15) is 0 Å². The van der Waals surface area contributed by atoms with Crippen molar-refractivity contribution in [3.8, 4) is 0 Å². The molecule has 1 aliphatic carbocycles. The van der Waals surface area contributed by atoms with Crippen LogP contribution in [0.1, 0.15) is 38.2 Å². The Kier molecular flexibility index (Phi) is 1.79. The molecule has 1 aromatic carbocycles. The molecule has 1 saturated carbocycles. The van der Waals surface area contributed by atoms with Crippen molar-refractivity contribution in [2.75, 3.05) is 7.05 Å². The third kappa shape index (κ3) is 1.06. The SMILES string of the molecule is C[N+]1=C2CCCCC2(C)c2ccccc21. The van der Waals surface area contributed by atoms with Gasteiger partial charge in [-0.1, -0.05) is 24.6 Å². The highest BCUT2D eigenvalue weighted by molar-refractivity contribution is 5.95. The third-order valence-corrected chi connectivity index (χ3v) is 4.24. The Morgan fingerprint density at radius 2 is 2.00 bits per heavy atom. The van der Waals surface area contributed by atoms with E-state index in [1.165, 1.54) is 31.4 Å². The van der Waals surface area contributed by atoms with Crippen molar-refractivity contribution < 1.29 is 4.58 Å². The Labute approximate surface area is 91.4 Å². The van der Waals surface area contributed by atoms with E-state index in [1.807, 2.05) is 0 Å². The Bertz CT molecular complexity index is 444. The summed E-state index contributed by atoms with van der Waals surface area (Å²) in [7, 11) is 2.23. The summed E-state index contributed by atoms with van der Waals surface area (Å²) < 4.78 is 2.43. The first-order valence-electron chi connectivity index (χ1n) is 5.93. The van der Waals surface area contributed by atoms with E-state index < -0.39 is 0 Å². The lowest BCUT2D eigenvalue weighted by atomic mass is 9.71. The van der Waals surface area contributed by atoms with Gasteiger partial charge in [-0.25, -0.2) is 4.58 Å². The molecule has 78 valence electrons. The molecule has 1 heterocycles. The van der Waals surface area contributed by atoms with Crippen molar-refractivity contribution in [1.82, 2.24) is 0 Å². The zero-order valence-corrected chi connectivity index (χ0v) is 9.59. The highest BCUT2D eigenvalue weighted by atomic mass is 15.0. The number of hydrogen-bond donors (Lipinski definition) is 0. The van der Waals surface area contributed by atoms with Crippen LogP contribution in [0.5, 0.6) is 0 Å².